The number of aromatic nitrogens is 2. The molecular formula is C17H22N4OS. The molecule has 2 atom stereocenters. The second-order valence-electron chi connectivity index (χ2n) is 6.33. The van der Waals surface area contributed by atoms with Crippen molar-refractivity contribution >= 4 is 23.0 Å². The highest BCUT2D eigenvalue weighted by Crippen LogP contribution is 2.30. The Bertz CT molecular complexity index is 642. The standard InChI is InChI=1S/C17H22N4OS/c1-13-9-21(10-15(22-13)14-4-7-23-11-14)17-8-16(18-12-19-17)20-5-2-3-6-20/h4,7-8,11-13,15H,2-3,5-6,9-10H2,1H3. The van der Waals surface area contributed by atoms with E-state index in [4.69, 9.17) is 4.74 Å². The Kier molecular flexibility index (Phi) is 4.18. The van der Waals surface area contributed by atoms with Gasteiger partial charge < -0.3 is 14.5 Å². The fourth-order valence-electron chi connectivity index (χ4n) is 3.41. The summed E-state index contributed by atoms with van der Waals surface area (Å²) in [6.07, 6.45) is 4.53. The molecule has 0 spiro atoms. The lowest BCUT2D eigenvalue weighted by Crippen LogP contribution is -2.43. The van der Waals surface area contributed by atoms with Crippen molar-refractivity contribution in [3.63, 3.8) is 0 Å². The fourth-order valence-corrected chi connectivity index (χ4v) is 4.11. The minimum Gasteiger partial charge on any atom is -0.367 e. The van der Waals surface area contributed by atoms with E-state index in [1.165, 1.54) is 18.4 Å². The summed E-state index contributed by atoms with van der Waals surface area (Å²) in [6.45, 7) is 6.06. The molecule has 0 aromatic carbocycles. The average molecular weight is 330 g/mol. The van der Waals surface area contributed by atoms with E-state index in [2.05, 4.69) is 49.6 Å². The topological polar surface area (TPSA) is 41.5 Å². The first-order chi connectivity index (χ1) is 11.3. The van der Waals surface area contributed by atoms with Crippen molar-refractivity contribution in [1.82, 2.24) is 9.97 Å². The van der Waals surface area contributed by atoms with Gasteiger partial charge in [-0.3, -0.25) is 0 Å². The molecule has 6 heteroatoms. The van der Waals surface area contributed by atoms with Crippen LogP contribution < -0.4 is 9.80 Å². The number of hydrogen-bond acceptors (Lipinski definition) is 6. The Hall–Kier alpha value is -1.66. The van der Waals surface area contributed by atoms with Crippen LogP contribution >= 0.6 is 11.3 Å². The van der Waals surface area contributed by atoms with Gasteiger partial charge in [-0.2, -0.15) is 11.3 Å². The molecule has 0 N–H and O–H groups in total. The molecular weight excluding hydrogens is 308 g/mol. The Morgan fingerprint density at radius 3 is 2.65 bits per heavy atom. The van der Waals surface area contributed by atoms with Crippen molar-refractivity contribution < 1.29 is 4.74 Å². The van der Waals surface area contributed by atoms with E-state index in [-0.39, 0.29) is 12.2 Å². The van der Waals surface area contributed by atoms with E-state index in [0.29, 0.717) is 0 Å². The van der Waals surface area contributed by atoms with Crippen LogP contribution in [-0.2, 0) is 4.74 Å². The molecule has 0 amide bonds. The molecule has 0 saturated carbocycles. The lowest BCUT2D eigenvalue weighted by atomic mass is 10.1. The Labute approximate surface area is 140 Å². The number of rotatable bonds is 3. The smallest absolute Gasteiger partial charge is 0.134 e. The predicted molar refractivity (Wildman–Crippen MR) is 93.3 cm³/mol. The maximum atomic E-state index is 6.12. The molecule has 4 rings (SSSR count). The van der Waals surface area contributed by atoms with Gasteiger partial charge >= 0.3 is 0 Å². The molecule has 2 aromatic heterocycles. The molecule has 2 aliphatic rings. The van der Waals surface area contributed by atoms with Gasteiger partial charge in [0.2, 0.25) is 0 Å². The molecule has 122 valence electrons. The highest BCUT2D eigenvalue weighted by atomic mass is 32.1. The molecule has 2 fully saturated rings. The molecule has 0 radical (unpaired) electrons. The highest BCUT2D eigenvalue weighted by molar-refractivity contribution is 7.07. The number of hydrogen-bond donors (Lipinski definition) is 0. The predicted octanol–water partition coefficient (Wildman–Crippen LogP) is 3.10. The summed E-state index contributed by atoms with van der Waals surface area (Å²) in [5.74, 6) is 2.07. The monoisotopic (exact) mass is 330 g/mol. The minimum atomic E-state index is 0.121. The van der Waals surface area contributed by atoms with E-state index < -0.39 is 0 Å². The van der Waals surface area contributed by atoms with Crippen LogP contribution in [0.4, 0.5) is 11.6 Å². The molecule has 4 heterocycles. The Morgan fingerprint density at radius 2 is 1.91 bits per heavy atom. The zero-order valence-corrected chi connectivity index (χ0v) is 14.2. The van der Waals surface area contributed by atoms with E-state index in [9.17, 15) is 0 Å². The van der Waals surface area contributed by atoms with Crippen molar-refractivity contribution in [2.45, 2.75) is 32.0 Å². The quantitative estimate of drug-likeness (QED) is 0.865. The van der Waals surface area contributed by atoms with Crippen LogP contribution in [0, 0.1) is 0 Å². The van der Waals surface area contributed by atoms with Crippen LogP contribution in [0.2, 0.25) is 0 Å². The van der Waals surface area contributed by atoms with Gasteiger partial charge in [-0.1, -0.05) is 0 Å². The van der Waals surface area contributed by atoms with Gasteiger partial charge in [-0.15, -0.1) is 0 Å². The first-order valence-electron chi connectivity index (χ1n) is 8.29. The molecule has 2 aromatic rings. The number of thiophene rings is 1. The van der Waals surface area contributed by atoms with Crippen molar-refractivity contribution in [1.29, 1.82) is 0 Å². The summed E-state index contributed by atoms with van der Waals surface area (Å²) in [5, 5.41) is 4.29. The summed E-state index contributed by atoms with van der Waals surface area (Å²) in [6, 6.07) is 4.29. The molecule has 23 heavy (non-hydrogen) atoms. The van der Waals surface area contributed by atoms with Crippen LogP contribution in [0.5, 0.6) is 0 Å². The second-order valence-corrected chi connectivity index (χ2v) is 7.11. The van der Waals surface area contributed by atoms with Crippen molar-refractivity contribution in [3.05, 3.63) is 34.8 Å². The third-order valence-corrected chi connectivity index (χ3v) is 5.27. The van der Waals surface area contributed by atoms with Crippen LogP contribution in [0.25, 0.3) is 0 Å². The zero-order valence-electron chi connectivity index (χ0n) is 13.4. The summed E-state index contributed by atoms with van der Waals surface area (Å²) in [5.41, 5.74) is 1.26. The van der Waals surface area contributed by atoms with Crippen LogP contribution in [0.15, 0.2) is 29.2 Å². The number of nitrogens with zero attached hydrogens (tertiary/aromatic N) is 4. The highest BCUT2D eigenvalue weighted by Gasteiger charge is 2.28. The lowest BCUT2D eigenvalue weighted by molar-refractivity contribution is -0.0174. The van der Waals surface area contributed by atoms with Gasteiger partial charge in [0, 0.05) is 32.2 Å². The summed E-state index contributed by atoms with van der Waals surface area (Å²) in [4.78, 5) is 13.7. The normalized spacial score (nSPS) is 25.1. The maximum absolute atomic E-state index is 6.12. The summed E-state index contributed by atoms with van der Waals surface area (Å²) < 4.78 is 6.12. The molecule has 0 aliphatic carbocycles. The lowest BCUT2D eigenvalue weighted by Gasteiger charge is -2.37. The zero-order chi connectivity index (χ0) is 15.6. The molecule has 2 aliphatic heterocycles. The second kappa shape index (κ2) is 6.45. The van der Waals surface area contributed by atoms with Crippen molar-refractivity contribution in [3.8, 4) is 0 Å². The van der Waals surface area contributed by atoms with E-state index in [0.717, 1.165) is 37.8 Å². The van der Waals surface area contributed by atoms with E-state index in [1.54, 1.807) is 17.7 Å². The molecule has 0 bridgehead atoms. The largest absolute Gasteiger partial charge is 0.367 e. The summed E-state index contributed by atoms with van der Waals surface area (Å²) in [7, 11) is 0. The third-order valence-electron chi connectivity index (χ3n) is 4.57. The molecule has 2 saturated heterocycles. The first kappa shape index (κ1) is 14.9. The maximum Gasteiger partial charge on any atom is 0.134 e. The van der Waals surface area contributed by atoms with Gasteiger partial charge in [0.05, 0.1) is 6.10 Å². The van der Waals surface area contributed by atoms with Gasteiger partial charge in [-0.25, -0.2) is 9.97 Å². The van der Waals surface area contributed by atoms with Crippen molar-refractivity contribution in [2.75, 3.05) is 36.0 Å². The number of anilines is 2. The number of morpholine rings is 1. The molecule has 2 unspecified atom stereocenters. The average Bonchev–Trinajstić information content (AvgIpc) is 3.28. The molecule has 5 nitrogen and oxygen atoms in total. The number of ether oxygens (including phenoxy) is 1. The van der Waals surface area contributed by atoms with Gasteiger partial charge in [0.1, 0.15) is 24.1 Å². The fraction of sp³-hybridized carbons (Fsp3) is 0.529. The van der Waals surface area contributed by atoms with Crippen LogP contribution in [0.3, 0.4) is 0 Å². The minimum absolute atomic E-state index is 0.121. The first-order valence-corrected chi connectivity index (χ1v) is 9.23. The SMILES string of the molecule is CC1CN(c2cc(N3CCCC3)ncn2)CC(c2ccsc2)O1. The third kappa shape index (κ3) is 3.19. The Morgan fingerprint density at radius 1 is 1.13 bits per heavy atom. The van der Waals surface area contributed by atoms with E-state index in [1.807, 2.05) is 0 Å². The Balaban J connectivity index is 1.55. The van der Waals surface area contributed by atoms with Crippen molar-refractivity contribution in [2.24, 2.45) is 0 Å². The summed E-state index contributed by atoms with van der Waals surface area (Å²) >= 11 is 1.72. The van der Waals surface area contributed by atoms with E-state index >= 15 is 0 Å². The van der Waals surface area contributed by atoms with Gasteiger partial charge in [0.15, 0.2) is 0 Å². The van der Waals surface area contributed by atoms with Gasteiger partial charge in [0.25, 0.3) is 0 Å². The van der Waals surface area contributed by atoms with Gasteiger partial charge in [-0.05, 0) is 42.2 Å². The van der Waals surface area contributed by atoms with Crippen LogP contribution in [-0.4, -0.2) is 42.3 Å². The van der Waals surface area contributed by atoms with Crippen LogP contribution in [0.1, 0.15) is 31.4 Å².